The summed E-state index contributed by atoms with van der Waals surface area (Å²) in [5.74, 6) is -0.408. The molecule has 2 aliphatic rings. The van der Waals surface area contributed by atoms with Crippen LogP contribution in [0.3, 0.4) is 0 Å². The Morgan fingerprint density at radius 2 is 1.88 bits per heavy atom. The number of carbonyl (C=O) groups is 2. The van der Waals surface area contributed by atoms with E-state index in [1.165, 1.54) is 40.0 Å². The Morgan fingerprint density at radius 3 is 2.57 bits per heavy atom. The van der Waals surface area contributed by atoms with Crippen molar-refractivity contribution in [2.75, 3.05) is 19.8 Å². The molecule has 1 N–H and O–H groups in total. The van der Waals surface area contributed by atoms with Gasteiger partial charge >= 0.3 is 12.3 Å². The van der Waals surface area contributed by atoms with Crippen LogP contribution in [0.4, 0.5) is 18.0 Å². The second-order valence-corrected chi connectivity index (χ2v) is 15.9. The van der Waals surface area contributed by atoms with Crippen molar-refractivity contribution < 1.29 is 40.7 Å². The van der Waals surface area contributed by atoms with Gasteiger partial charge < -0.3 is 14.4 Å². The molecular weight excluding hydrogens is 715 g/mol. The predicted octanol–water partition coefficient (Wildman–Crippen LogP) is 6.55. The van der Waals surface area contributed by atoms with Gasteiger partial charge in [0.05, 0.1) is 30.4 Å². The summed E-state index contributed by atoms with van der Waals surface area (Å²) in [6.07, 6.45) is 4.60. The molecule has 3 aromatic heterocycles. The highest BCUT2D eigenvalue weighted by Gasteiger charge is 2.62. The van der Waals surface area contributed by atoms with Crippen molar-refractivity contribution in [2.45, 2.75) is 102 Å². The maximum atomic E-state index is 13.1. The number of aryl methyl sites for hydroxylation is 1. The minimum absolute atomic E-state index is 0.0862. The Labute approximate surface area is 299 Å². The molecule has 0 aromatic carbocycles. The SMILES string of the molecule is CCCCOC(=O)N1CC(CCCCn2cc(S(=O)(=O)NC(=O)c3ccc(-n4ccc(OCCC5(C(F)(F)F)CC5)n4)nc3Cl)cn2)CC1(C)C. The highest BCUT2D eigenvalue weighted by molar-refractivity contribution is 7.90. The van der Waals surface area contributed by atoms with Crippen LogP contribution in [0.25, 0.3) is 5.82 Å². The lowest BCUT2D eigenvalue weighted by molar-refractivity contribution is -0.190. The van der Waals surface area contributed by atoms with E-state index in [1.54, 1.807) is 0 Å². The van der Waals surface area contributed by atoms with E-state index in [9.17, 15) is 31.2 Å². The first-order valence-electron chi connectivity index (χ1n) is 17.0. The molecular formula is C33H43ClF3N7O6S. The third-order valence-corrected chi connectivity index (χ3v) is 11.0. The highest BCUT2D eigenvalue weighted by atomic mass is 35.5. The number of aromatic nitrogens is 5. The van der Waals surface area contributed by atoms with Crippen LogP contribution < -0.4 is 9.46 Å². The van der Waals surface area contributed by atoms with Gasteiger partial charge in [-0.25, -0.2) is 27.6 Å². The van der Waals surface area contributed by atoms with Crippen LogP contribution in [0.15, 0.2) is 41.7 Å². The number of unbranched alkanes of at least 4 members (excludes halogenated alkanes) is 2. The van der Waals surface area contributed by atoms with Gasteiger partial charge in [0.25, 0.3) is 15.9 Å². The maximum absolute atomic E-state index is 13.1. The lowest BCUT2D eigenvalue weighted by Crippen LogP contribution is -2.43. The molecule has 0 bridgehead atoms. The lowest BCUT2D eigenvalue weighted by atomic mass is 9.93. The Bertz CT molecular complexity index is 1810. The molecule has 1 unspecified atom stereocenters. The van der Waals surface area contributed by atoms with Gasteiger partial charge in [0.1, 0.15) is 10.0 Å². The third-order valence-electron chi connectivity index (χ3n) is 9.46. The summed E-state index contributed by atoms with van der Waals surface area (Å²) in [4.78, 5) is 31.2. The number of amides is 2. The number of rotatable bonds is 16. The largest absolute Gasteiger partial charge is 0.477 e. The average molecular weight is 758 g/mol. The van der Waals surface area contributed by atoms with E-state index in [0.29, 0.717) is 25.6 Å². The summed E-state index contributed by atoms with van der Waals surface area (Å²) in [5.41, 5.74) is -2.16. The van der Waals surface area contributed by atoms with E-state index < -0.39 is 27.5 Å². The fourth-order valence-electron chi connectivity index (χ4n) is 6.24. The number of hydrogen-bond donors (Lipinski definition) is 1. The zero-order chi connectivity index (χ0) is 37.0. The van der Waals surface area contributed by atoms with E-state index >= 15 is 0 Å². The van der Waals surface area contributed by atoms with E-state index in [0.717, 1.165) is 44.7 Å². The Kier molecular flexibility index (Phi) is 11.6. The molecule has 1 atom stereocenters. The Morgan fingerprint density at radius 1 is 1.12 bits per heavy atom. The summed E-state index contributed by atoms with van der Waals surface area (Å²) in [5, 5.41) is 7.99. The number of likely N-dealkylation sites (tertiary alicyclic amines) is 1. The van der Waals surface area contributed by atoms with Gasteiger partial charge in [0.2, 0.25) is 5.88 Å². The number of nitrogens with one attached hydrogen (secondary N) is 1. The number of pyridine rings is 1. The molecule has 1 saturated carbocycles. The van der Waals surface area contributed by atoms with Crippen LogP contribution in [0.2, 0.25) is 5.15 Å². The zero-order valence-electron chi connectivity index (χ0n) is 28.8. The van der Waals surface area contributed by atoms with Crippen LogP contribution in [-0.4, -0.2) is 81.3 Å². The number of sulfonamides is 1. The summed E-state index contributed by atoms with van der Waals surface area (Å²) < 4.78 is 81.0. The maximum Gasteiger partial charge on any atom is 0.410 e. The normalized spacial score (nSPS) is 18.1. The van der Waals surface area contributed by atoms with Crippen molar-refractivity contribution in [3.63, 3.8) is 0 Å². The topological polar surface area (TPSA) is 151 Å². The molecule has 0 radical (unpaired) electrons. The number of nitrogens with zero attached hydrogens (tertiary/aromatic N) is 6. The van der Waals surface area contributed by atoms with Gasteiger partial charge in [0.15, 0.2) is 5.82 Å². The number of alkyl halides is 3. The second-order valence-electron chi connectivity index (χ2n) is 13.8. The van der Waals surface area contributed by atoms with Crippen molar-refractivity contribution in [2.24, 2.45) is 11.3 Å². The monoisotopic (exact) mass is 757 g/mol. The number of hydrogen-bond acceptors (Lipinski definition) is 9. The van der Waals surface area contributed by atoms with Gasteiger partial charge in [-0.2, -0.15) is 18.3 Å². The van der Waals surface area contributed by atoms with Crippen molar-refractivity contribution in [3.05, 3.63) is 47.5 Å². The lowest BCUT2D eigenvalue weighted by Gasteiger charge is -2.30. The van der Waals surface area contributed by atoms with Gasteiger partial charge in [-0.15, -0.1) is 5.10 Å². The molecule has 280 valence electrons. The van der Waals surface area contributed by atoms with Gasteiger partial charge in [-0.3, -0.25) is 9.48 Å². The van der Waals surface area contributed by atoms with Crippen LogP contribution in [0.5, 0.6) is 5.88 Å². The molecule has 1 aliphatic heterocycles. The summed E-state index contributed by atoms with van der Waals surface area (Å²) in [6, 6.07) is 4.12. The minimum atomic E-state index is -4.29. The summed E-state index contributed by atoms with van der Waals surface area (Å²) >= 11 is 6.24. The molecule has 4 heterocycles. The third kappa shape index (κ3) is 9.33. The molecule has 0 spiro atoms. The predicted molar refractivity (Wildman–Crippen MR) is 180 cm³/mol. The fourth-order valence-corrected chi connectivity index (χ4v) is 7.40. The minimum Gasteiger partial charge on any atom is -0.477 e. The molecule has 2 fully saturated rings. The van der Waals surface area contributed by atoms with Crippen LogP contribution in [0.1, 0.15) is 88.9 Å². The standard InChI is InChI=1S/C33H43ClF3N7O6S/c1-4-5-17-50-30(46)43-21-23(19-31(43,2)3)8-6-7-15-42-22-24(20-38-42)51(47,48)41-29(45)25-9-10-26(39-28(25)34)44-16-11-27(40-44)49-18-14-32(12-13-32)33(35,36)37/h9-11,16,20,22-23H,4-8,12-15,17-19,21H2,1-3H3,(H,41,45). The zero-order valence-corrected chi connectivity index (χ0v) is 30.4. The summed E-state index contributed by atoms with van der Waals surface area (Å²) in [7, 11) is -4.29. The molecule has 3 aromatic rings. The quantitative estimate of drug-likeness (QED) is 0.127. The summed E-state index contributed by atoms with van der Waals surface area (Å²) in [6.45, 7) is 7.51. The average Bonchev–Trinajstić information content (AvgIpc) is 3.34. The first-order chi connectivity index (χ1) is 24.0. The molecule has 13 nitrogen and oxygen atoms in total. The molecule has 1 aliphatic carbocycles. The van der Waals surface area contributed by atoms with Crippen LogP contribution in [0, 0.1) is 11.3 Å². The van der Waals surface area contributed by atoms with Gasteiger partial charge in [-0.05, 0) is 76.8 Å². The smallest absolute Gasteiger partial charge is 0.410 e. The van der Waals surface area contributed by atoms with Crippen molar-refractivity contribution in [1.29, 1.82) is 0 Å². The first-order valence-corrected chi connectivity index (χ1v) is 18.9. The first kappa shape index (κ1) is 38.4. The van der Waals surface area contributed by atoms with Crippen molar-refractivity contribution >= 4 is 33.6 Å². The van der Waals surface area contributed by atoms with E-state index in [2.05, 4.69) is 15.2 Å². The van der Waals surface area contributed by atoms with Crippen molar-refractivity contribution in [3.8, 4) is 11.7 Å². The van der Waals surface area contributed by atoms with E-state index in [1.807, 2.05) is 30.4 Å². The second kappa shape index (κ2) is 15.4. The Hall–Kier alpha value is -3.86. The van der Waals surface area contributed by atoms with Crippen LogP contribution in [-0.2, 0) is 21.3 Å². The highest BCUT2D eigenvalue weighted by Crippen LogP contribution is 2.59. The number of halogens is 4. The fraction of sp³-hybridized carbons (Fsp3) is 0.606. The van der Waals surface area contributed by atoms with Gasteiger partial charge in [0, 0.05) is 37.1 Å². The molecule has 18 heteroatoms. The van der Waals surface area contributed by atoms with E-state index in [-0.39, 0.29) is 64.8 Å². The van der Waals surface area contributed by atoms with Gasteiger partial charge in [-0.1, -0.05) is 31.4 Å². The molecule has 51 heavy (non-hydrogen) atoms. The van der Waals surface area contributed by atoms with Crippen LogP contribution >= 0.6 is 11.6 Å². The molecule has 5 rings (SSSR count). The number of ether oxygens (including phenoxy) is 2. The van der Waals surface area contributed by atoms with E-state index in [4.69, 9.17) is 21.1 Å². The number of carbonyl (C=O) groups excluding carboxylic acids is 2. The van der Waals surface area contributed by atoms with Crippen molar-refractivity contribution in [1.82, 2.24) is 34.2 Å². The molecule has 2 amide bonds. The molecule has 1 saturated heterocycles. The Balaban J connectivity index is 1.08.